The number of piperazine rings is 1. The number of rotatable bonds is 5. The maximum Gasteiger partial charge on any atom is 0.339 e. The Hall–Kier alpha value is -3.56. The SMILES string of the molecule is Cc1ccc(C)c(N2CCN(C(=O)[C@@H]3CN(S(=O)(=O)c4ccccc4)C(=O)N3c3cccc(Cl)c3)CC2)c1. The van der Waals surface area contributed by atoms with Crippen molar-refractivity contribution in [3.05, 3.63) is 88.9 Å². The molecule has 2 aliphatic rings. The van der Waals surface area contributed by atoms with Gasteiger partial charge in [0.15, 0.2) is 0 Å². The molecular formula is C28H29ClN4O4S. The maximum absolute atomic E-state index is 13.8. The van der Waals surface area contributed by atoms with Crippen LogP contribution in [0, 0.1) is 13.8 Å². The summed E-state index contributed by atoms with van der Waals surface area (Å²) in [7, 11) is -4.16. The van der Waals surface area contributed by atoms with Gasteiger partial charge in [-0.3, -0.25) is 9.69 Å². The average molecular weight is 553 g/mol. The van der Waals surface area contributed by atoms with Crippen molar-refractivity contribution in [2.45, 2.75) is 24.8 Å². The monoisotopic (exact) mass is 552 g/mol. The van der Waals surface area contributed by atoms with E-state index < -0.39 is 22.1 Å². The zero-order valence-corrected chi connectivity index (χ0v) is 22.8. The Kier molecular flexibility index (Phi) is 7.07. The van der Waals surface area contributed by atoms with Gasteiger partial charge in [0.05, 0.1) is 11.4 Å². The number of nitrogens with zero attached hydrogens (tertiary/aromatic N) is 4. The van der Waals surface area contributed by atoms with Crippen molar-refractivity contribution in [1.82, 2.24) is 9.21 Å². The van der Waals surface area contributed by atoms with Gasteiger partial charge in [-0.1, -0.05) is 48.0 Å². The molecule has 38 heavy (non-hydrogen) atoms. The van der Waals surface area contributed by atoms with Gasteiger partial charge in [0.1, 0.15) is 6.04 Å². The van der Waals surface area contributed by atoms with Gasteiger partial charge in [0, 0.05) is 42.6 Å². The summed E-state index contributed by atoms with van der Waals surface area (Å²) in [6.45, 7) is 6.05. The minimum Gasteiger partial charge on any atom is -0.368 e. The molecule has 2 aliphatic heterocycles. The minimum absolute atomic E-state index is 0.00497. The molecule has 0 radical (unpaired) electrons. The molecule has 3 aromatic rings. The molecule has 2 fully saturated rings. The second-order valence-electron chi connectivity index (χ2n) is 9.60. The van der Waals surface area contributed by atoms with Crippen molar-refractivity contribution in [3.63, 3.8) is 0 Å². The van der Waals surface area contributed by atoms with Crippen LogP contribution in [0.1, 0.15) is 11.1 Å². The Morgan fingerprint density at radius 1 is 0.895 bits per heavy atom. The van der Waals surface area contributed by atoms with E-state index >= 15 is 0 Å². The number of amides is 3. The zero-order chi connectivity index (χ0) is 27.0. The van der Waals surface area contributed by atoms with E-state index in [1.165, 1.54) is 28.2 Å². The Balaban J connectivity index is 1.41. The van der Waals surface area contributed by atoms with Gasteiger partial charge in [-0.2, -0.15) is 0 Å². The van der Waals surface area contributed by atoms with Gasteiger partial charge in [-0.05, 0) is 61.4 Å². The highest BCUT2D eigenvalue weighted by Gasteiger charge is 2.49. The van der Waals surface area contributed by atoms with Crippen molar-refractivity contribution in [1.29, 1.82) is 0 Å². The number of carbonyl (C=O) groups is 2. The molecule has 0 spiro atoms. The van der Waals surface area contributed by atoms with Crippen molar-refractivity contribution in [2.75, 3.05) is 42.5 Å². The Bertz CT molecular complexity index is 1470. The van der Waals surface area contributed by atoms with Crippen LogP contribution in [0.3, 0.4) is 0 Å². The van der Waals surface area contributed by atoms with Crippen LogP contribution < -0.4 is 9.80 Å². The molecule has 0 bridgehead atoms. The fourth-order valence-electron chi connectivity index (χ4n) is 5.03. The molecule has 10 heteroatoms. The lowest BCUT2D eigenvalue weighted by Gasteiger charge is -2.38. The number of benzene rings is 3. The number of urea groups is 1. The summed E-state index contributed by atoms with van der Waals surface area (Å²) in [5, 5.41) is 0.382. The molecular weight excluding hydrogens is 524 g/mol. The average Bonchev–Trinajstić information content (AvgIpc) is 3.28. The molecule has 2 heterocycles. The highest BCUT2D eigenvalue weighted by Crippen LogP contribution is 2.32. The molecule has 3 amide bonds. The first-order valence-electron chi connectivity index (χ1n) is 12.4. The molecule has 0 N–H and O–H groups in total. The second kappa shape index (κ2) is 10.3. The number of halogens is 1. The lowest BCUT2D eigenvalue weighted by molar-refractivity contribution is -0.132. The first-order valence-corrected chi connectivity index (χ1v) is 14.3. The molecule has 8 nitrogen and oxygen atoms in total. The molecule has 0 aliphatic carbocycles. The fraction of sp³-hybridized carbons (Fsp3) is 0.286. The maximum atomic E-state index is 13.8. The van der Waals surface area contributed by atoms with Gasteiger partial charge < -0.3 is 9.80 Å². The third kappa shape index (κ3) is 4.83. The van der Waals surface area contributed by atoms with Crippen LogP contribution in [0.5, 0.6) is 0 Å². The largest absolute Gasteiger partial charge is 0.368 e. The Labute approximate surface area is 228 Å². The first-order chi connectivity index (χ1) is 18.2. The summed E-state index contributed by atoms with van der Waals surface area (Å²) in [6, 6.07) is 18.9. The van der Waals surface area contributed by atoms with Crippen LogP contribution in [0.4, 0.5) is 16.2 Å². The highest BCUT2D eigenvalue weighted by molar-refractivity contribution is 7.89. The van der Waals surface area contributed by atoms with E-state index in [4.69, 9.17) is 11.6 Å². The van der Waals surface area contributed by atoms with Crippen LogP contribution in [0.15, 0.2) is 77.7 Å². The third-order valence-corrected chi connectivity index (χ3v) is 9.06. The van der Waals surface area contributed by atoms with E-state index in [9.17, 15) is 18.0 Å². The van der Waals surface area contributed by atoms with Crippen molar-refractivity contribution in [3.8, 4) is 0 Å². The summed E-state index contributed by atoms with van der Waals surface area (Å²) in [4.78, 5) is 32.7. The van der Waals surface area contributed by atoms with Gasteiger partial charge in [-0.25, -0.2) is 17.5 Å². The van der Waals surface area contributed by atoms with E-state index in [0.717, 1.165) is 9.99 Å². The first kappa shape index (κ1) is 26.1. The minimum atomic E-state index is -4.16. The van der Waals surface area contributed by atoms with Gasteiger partial charge in [0.2, 0.25) is 5.91 Å². The molecule has 3 aromatic carbocycles. The van der Waals surface area contributed by atoms with Crippen molar-refractivity contribution < 1.29 is 18.0 Å². The summed E-state index contributed by atoms with van der Waals surface area (Å²) in [5.41, 5.74) is 3.87. The Morgan fingerprint density at radius 2 is 1.61 bits per heavy atom. The van der Waals surface area contributed by atoms with Crippen LogP contribution in [-0.2, 0) is 14.8 Å². The van der Waals surface area contributed by atoms with E-state index in [1.54, 1.807) is 47.4 Å². The predicted octanol–water partition coefficient (Wildman–Crippen LogP) is 4.31. The topological polar surface area (TPSA) is 81.2 Å². The van der Waals surface area contributed by atoms with Crippen LogP contribution in [-0.4, -0.2) is 68.3 Å². The van der Waals surface area contributed by atoms with Crippen LogP contribution in [0.2, 0.25) is 5.02 Å². The Morgan fingerprint density at radius 3 is 2.29 bits per heavy atom. The van der Waals surface area contributed by atoms with Crippen molar-refractivity contribution >= 4 is 44.9 Å². The van der Waals surface area contributed by atoms with Crippen molar-refractivity contribution in [2.24, 2.45) is 0 Å². The lowest BCUT2D eigenvalue weighted by Crippen LogP contribution is -2.55. The number of carbonyl (C=O) groups excluding carboxylic acids is 2. The fourth-order valence-corrected chi connectivity index (χ4v) is 6.61. The van der Waals surface area contributed by atoms with Crippen LogP contribution in [0.25, 0.3) is 0 Å². The number of anilines is 2. The summed E-state index contributed by atoms with van der Waals surface area (Å²) >= 11 is 6.20. The standard InChI is InChI=1S/C28H29ClN4O4S/c1-20-11-12-21(2)25(17-20)30-13-15-31(16-14-30)27(34)26-19-32(38(36,37)24-9-4-3-5-10-24)28(35)33(26)23-8-6-7-22(29)18-23/h3-12,17-18,26H,13-16,19H2,1-2H3/t26-/m0/s1. The summed E-state index contributed by atoms with van der Waals surface area (Å²) in [5.74, 6) is -0.287. The lowest BCUT2D eigenvalue weighted by atomic mass is 10.1. The predicted molar refractivity (Wildman–Crippen MR) is 148 cm³/mol. The molecule has 0 saturated carbocycles. The quantitative estimate of drug-likeness (QED) is 0.471. The summed E-state index contributed by atoms with van der Waals surface area (Å²) < 4.78 is 27.6. The second-order valence-corrected chi connectivity index (χ2v) is 11.9. The summed E-state index contributed by atoms with van der Waals surface area (Å²) in [6.07, 6.45) is 0. The smallest absolute Gasteiger partial charge is 0.339 e. The third-order valence-electron chi connectivity index (χ3n) is 7.07. The molecule has 198 valence electrons. The highest BCUT2D eigenvalue weighted by atomic mass is 35.5. The number of hydrogen-bond donors (Lipinski definition) is 0. The van der Waals surface area contributed by atoms with Gasteiger partial charge >= 0.3 is 6.03 Å². The van der Waals surface area contributed by atoms with E-state index in [0.29, 0.717) is 36.9 Å². The van der Waals surface area contributed by atoms with E-state index in [2.05, 4.69) is 36.9 Å². The van der Waals surface area contributed by atoms with Gasteiger partial charge in [-0.15, -0.1) is 0 Å². The van der Waals surface area contributed by atoms with E-state index in [-0.39, 0.29) is 17.3 Å². The molecule has 0 aromatic heterocycles. The molecule has 0 unspecified atom stereocenters. The molecule has 2 saturated heterocycles. The number of aryl methyl sites for hydroxylation is 2. The normalized spacial score (nSPS) is 18.3. The van der Waals surface area contributed by atoms with Crippen LogP contribution >= 0.6 is 11.6 Å². The number of sulfonamides is 1. The van der Waals surface area contributed by atoms with E-state index in [1.807, 2.05) is 0 Å². The zero-order valence-electron chi connectivity index (χ0n) is 21.2. The molecule has 1 atom stereocenters. The molecule has 5 rings (SSSR count). The number of hydrogen-bond acceptors (Lipinski definition) is 5. The van der Waals surface area contributed by atoms with Gasteiger partial charge in [0.25, 0.3) is 10.0 Å².